The highest BCUT2D eigenvalue weighted by Crippen LogP contribution is 2.38. The average Bonchev–Trinajstić information content (AvgIpc) is 3.68. The zero-order valence-corrected chi connectivity index (χ0v) is 36.4. The first kappa shape index (κ1) is 45.7. The van der Waals surface area contributed by atoms with Crippen LogP contribution in [0, 0.1) is 35.5 Å². The molecule has 2 bridgehead atoms. The Labute approximate surface area is 347 Å². The van der Waals surface area contributed by atoms with Gasteiger partial charge in [0.2, 0.25) is 0 Å². The van der Waals surface area contributed by atoms with E-state index in [1.54, 1.807) is 0 Å². The first-order valence-electron chi connectivity index (χ1n) is 21.9. The normalized spacial score (nSPS) is 21.5. The summed E-state index contributed by atoms with van der Waals surface area (Å²) in [6.45, 7) is 12.9. The van der Waals surface area contributed by atoms with Crippen LogP contribution in [0.2, 0.25) is 0 Å². The summed E-state index contributed by atoms with van der Waals surface area (Å²) in [4.78, 5) is 37.0. The maximum atomic E-state index is 12.6. The molecule has 2 heterocycles. The second kappa shape index (κ2) is 24.7. The lowest BCUT2D eigenvalue weighted by molar-refractivity contribution is 0.0888. The molecule has 3 aliphatic carbocycles. The number of nitrogens with one attached hydrogen (secondary N) is 2. The van der Waals surface area contributed by atoms with E-state index in [1.807, 2.05) is 62.4 Å². The van der Waals surface area contributed by atoms with Gasteiger partial charge in [0.05, 0.1) is 0 Å². The number of hydrogen-bond donors (Lipinski definition) is 3. The molecule has 0 radical (unpaired) electrons. The lowest BCUT2D eigenvalue weighted by Crippen LogP contribution is -2.31. The van der Waals surface area contributed by atoms with Crippen molar-refractivity contribution in [3.05, 3.63) is 105 Å². The van der Waals surface area contributed by atoms with Gasteiger partial charge in [0.25, 0.3) is 0 Å². The van der Waals surface area contributed by atoms with Crippen LogP contribution < -0.4 is 16.4 Å². The van der Waals surface area contributed by atoms with Crippen LogP contribution in [-0.2, 0) is 12.8 Å². The minimum absolute atomic E-state index is 0.125. The largest absolute Gasteiger partial charge is 0.330 e. The van der Waals surface area contributed by atoms with Crippen LogP contribution in [0.3, 0.4) is 0 Å². The molecule has 3 unspecified atom stereocenters. The Bertz CT molecular complexity index is 1590. The molecule has 56 heavy (non-hydrogen) atoms. The van der Waals surface area contributed by atoms with Gasteiger partial charge in [-0.1, -0.05) is 130 Å². The smallest absolute Gasteiger partial charge is 0.166 e. The molecule has 2 saturated heterocycles. The lowest BCUT2D eigenvalue weighted by atomic mass is 9.82. The molecule has 7 heteroatoms. The monoisotopic (exact) mass is 827 g/mol. The molecule has 1 saturated carbocycles. The van der Waals surface area contributed by atoms with E-state index in [2.05, 4.69) is 64.7 Å². The molecule has 0 spiro atoms. The van der Waals surface area contributed by atoms with E-state index in [-0.39, 0.29) is 17.8 Å². The van der Waals surface area contributed by atoms with Crippen LogP contribution in [0.1, 0.15) is 141 Å². The third kappa shape index (κ3) is 14.4. The number of Topliss-reactive ketones (excluding diaryl/α,β-unsaturated/α-hetero) is 3. The van der Waals surface area contributed by atoms with Gasteiger partial charge in [-0.05, 0) is 132 Å². The summed E-state index contributed by atoms with van der Waals surface area (Å²) >= 11 is 3.37. The van der Waals surface area contributed by atoms with Crippen molar-refractivity contribution in [3.63, 3.8) is 0 Å². The summed E-state index contributed by atoms with van der Waals surface area (Å²) in [5.41, 5.74) is 11.0. The van der Waals surface area contributed by atoms with Crippen LogP contribution in [0.4, 0.5) is 0 Å². The van der Waals surface area contributed by atoms with Crippen LogP contribution in [0.25, 0.3) is 0 Å². The van der Waals surface area contributed by atoms with Crippen molar-refractivity contribution in [1.82, 2.24) is 10.6 Å². The predicted molar refractivity (Wildman–Crippen MR) is 237 cm³/mol. The maximum absolute atomic E-state index is 12.6. The van der Waals surface area contributed by atoms with E-state index < -0.39 is 0 Å². The van der Waals surface area contributed by atoms with Gasteiger partial charge >= 0.3 is 0 Å². The zero-order chi connectivity index (χ0) is 40.3. The summed E-state index contributed by atoms with van der Waals surface area (Å²) in [6, 6.07) is 24.3. The van der Waals surface area contributed by atoms with E-state index in [4.69, 9.17) is 5.73 Å². The third-order valence-electron chi connectivity index (χ3n) is 12.0. The molecule has 0 aromatic heterocycles. The Kier molecular flexibility index (Phi) is 20.2. The standard InChI is InChI=1S/C19H27NO.C16H23NO.C12H14BrNO.C2H6/c20-12-11-16-5-1-3-15-4-2-6-18(15)13-14-7-9-17(10-8-14)19(16)21;1-12(2)11-13-3-5-14(6-4-13)16(18)15-7-9-17-10-8-15;13-11-3-1-9(2-4-11)12(15)10-5-7-14-8-6-10;1-2/h7-10,15-16,18H,1-6,11-13,20H2;3-6,12,15,17H,7-11H2,1-2H3;1-4,10,14H,5-8H2;1-2H3. The van der Waals surface area contributed by atoms with Crippen LogP contribution in [0.15, 0.2) is 77.3 Å². The predicted octanol–water partition coefficient (Wildman–Crippen LogP) is 10.7. The molecular formula is C49H70BrN3O3. The number of nitrogens with two attached hydrogens (primary N) is 1. The Morgan fingerprint density at radius 1 is 0.679 bits per heavy atom. The van der Waals surface area contributed by atoms with Gasteiger partial charge in [-0.3, -0.25) is 14.4 Å². The Morgan fingerprint density at radius 3 is 1.66 bits per heavy atom. The van der Waals surface area contributed by atoms with Gasteiger partial charge in [0.1, 0.15) is 0 Å². The molecule has 2 aliphatic heterocycles. The van der Waals surface area contributed by atoms with Gasteiger partial charge in [-0.15, -0.1) is 0 Å². The van der Waals surface area contributed by atoms with Crippen molar-refractivity contribution >= 4 is 33.3 Å². The number of carbonyl (C=O) groups excluding carboxylic acids is 3. The van der Waals surface area contributed by atoms with Crippen molar-refractivity contribution in [3.8, 4) is 0 Å². The Morgan fingerprint density at radius 2 is 1.16 bits per heavy atom. The highest BCUT2D eigenvalue weighted by molar-refractivity contribution is 9.10. The van der Waals surface area contributed by atoms with Crippen molar-refractivity contribution in [1.29, 1.82) is 0 Å². The molecule has 5 aliphatic rings. The summed E-state index contributed by atoms with van der Waals surface area (Å²) in [7, 11) is 0. The number of fused-ring (bicyclic) bond motifs is 6. The SMILES string of the molecule is CC.CC(C)Cc1ccc(C(=O)C2CCNCC2)cc1.NCCC1CCCC2CCCC2Cc2ccc(cc2)C1=O.O=C(c1ccc(Br)cc1)C1CCNCC1. The second-order valence-corrected chi connectivity index (χ2v) is 17.4. The molecule has 8 rings (SSSR count). The zero-order valence-electron chi connectivity index (χ0n) is 34.8. The third-order valence-corrected chi connectivity index (χ3v) is 12.5. The maximum Gasteiger partial charge on any atom is 0.166 e. The van der Waals surface area contributed by atoms with Gasteiger partial charge in [0.15, 0.2) is 17.3 Å². The van der Waals surface area contributed by atoms with E-state index >= 15 is 0 Å². The minimum atomic E-state index is 0.125. The number of rotatable bonds is 8. The fourth-order valence-corrected chi connectivity index (χ4v) is 9.13. The van der Waals surface area contributed by atoms with Crippen LogP contribution in [-0.4, -0.2) is 50.1 Å². The molecular weight excluding hydrogens is 758 g/mol. The number of benzene rings is 3. The fraction of sp³-hybridized carbons (Fsp3) is 0.571. The number of halogens is 1. The van der Waals surface area contributed by atoms with E-state index in [1.165, 1.54) is 49.7 Å². The van der Waals surface area contributed by atoms with Crippen LogP contribution >= 0.6 is 15.9 Å². The fourth-order valence-electron chi connectivity index (χ4n) is 8.87. The first-order chi connectivity index (χ1) is 27.2. The molecule has 3 aromatic rings. The summed E-state index contributed by atoms with van der Waals surface area (Å²) < 4.78 is 1.02. The highest BCUT2D eigenvalue weighted by atomic mass is 79.9. The van der Waals surface area contributed by atoms with E-state index in [9.17, 15) is 14.4 Å². The first-order valence-corrected chi connectivity index (χ1v) is 22.7. The lowest BCUT2D eigenvalue weighted by Gasteiger charge is -2.23. The molecule has 306 valence electrons. The molecule has 3 aromatic carbocycles. The Balaban J connectivity index is 0.000000185. The average molecular weight is 829 g/mol. The summed E-state index contributed by atoms with van der Waals surface area (Å²) in [5.74, 6) is 3.88. The number of carbonyl (C=O) groups is 3. The number of hydrogen-bond acceptors (Lipinski definition) is 6. The molecule has 3 atom stereocenters. The van der Waals surface area contributed by atoms with E-state index in [0.717, 1.165) is 104 Å². The van der Waals surface area contributed by atoms with Crippen LogP contribution in [0.5, 0.6) is 0 Å². The van der Waals surface area contributed by atoms with Crippen molar-refractivity contribution in [2.75, 3.05) is 32.7 Å². The number of piperidine rings is 2. The molecule has 6 nitrogen and oxygen atoms in total. The van der Waals surface area contributed by atoms with Gasteiger partial charge in [-0.25, -0.2) is 0 Å². The second-order valence-electron chi connectivity index (χ2n) is 16.5. The van der Waals surface area contributed by atoms with Gasteiger partial charge in [0, 0.05) is 38.9 Å². The van der Waals surface area contributed by atoms with E-state index in [0.29, 0.717) is 29.8 Å². The number of ketones is 3. The van der Waals surface area contributed by atoms with Crippen molar-refractivity contribution in [2.45, 2.75) is 111 Å². The van der Waals surface area contributed by atoms with Crippen molar-refractivity contribution < 1.29 is 14.4 Å². The molecule has 3 fully saturated rings. The summed E-state index contributed by atoms with van der Waals surface area (Å²) in [5, 5.41) is 6.57. The van der Waals surface area contributed by atoms with Gasteiger partial charge in [-0.2, -0.15) is 0 Å². The quantitative estimate of drug-likeness (QED) is 0.196. The van der Waals surface area contributed by atoms with Gasteiger partial charge < -0.3 is 16.4 Å². The molecule has 0 amide bonds. The Hall–Kier alpha value is -2.97. The molecule has 4 N–H and O–H groups in total. The topological polar surface area (TPSA) is 101 Å². The van der Waals surface area contributed by atoms with Crippen molar-refractivity contribution in [2.24, 2.45) is 41.2 Å². The summed E-state index contributed by atoms with van der Waals surface area (Å²) in [6.07, 6.45) is 14.7. The minimum Gasteiger partial charge on any atom is -0.330 e. The highest BCUT2D eigenvalue weighted by Gasteiger charge is 2.29.